The SMILES string of the molecule is CN=C(NCCn1ccnc1)N(C)Cc1ccc(OC)cc1OC.I. The van der Waals surface area contributed by atoms with E-state index in [-0.39, 0.29) is 24.0 Å². The fraction of sp³-hybridized carbons (Fsp3) is 0.412. The molecule has 25 heavy (non-hydrogen) atoms. The van der Waals surface area contributed by atoms with Gasteiger partial charge in [0.15, 0.2) is 5.96 Å². The minimum absolute atomic E-state index is 0. The molecule has 138 valence electrons. The zero-order valence-electron chi connectivity index (χ0n) is 15.1. The second-order valence-electron chi connectivity index (χ2n) is 5.31. The predicted octanol–water partition coefficient (Wildman–Crippen LogP) is 2.23. The molecule has 7 nitrogen and oxygen atoms in total. The number of rotatable bonds is 7. The molecule has 0 fully saturated rings. The van der Waals surface area contributed by atoms with Crippen LogP contribution < -0.4 is 14.8 Å². The fourth-order valence-corrected chi connectivity index (χ4v) is 2.41. The Morgan fingerprint density at radius 3 is 2.72 bits per heavy atom. The van der Waals surface area contributed by atoms with Crippen molar-refractivity contribution in [1.82, 2.24) is 19.8 Å². The standard InChI is InChI=1S/C17H25N5O2.HI/c1-18-17(20-8-10-22-9-7-19-13-22)21(2)12-14-5-6-15(23-3)11-16(14)24-4;/h5-7,9,11,13H,8,10,12H2,1-4H3,(H,18,20);1H. The number of nitrogens with zero attached hydrogens (tertiary/aromatic N) is 4. The van der Waals surface area contributed by atoms with Crippen molar-refractivity contribution in [2.75, 3.05) is 34.9 Å². The third-order valence-electron chi connectivity index (χ3n) is 3.69. The van der Waals surface area contributed by atoms with Gasteiger partial charge in [-0.05, 0) is 12.1 Å². The molecule has 1 heterocycles. The van der Waals surface area contributed by atoms with Gasteiger partial charge in [-0.1, -0.05) is 0 Å². The Hall–Kier alpha value is -1.97. The number of aliphatic imine (C=N–C) groups is 1. The van der Waals surface area contributed by atoms with Gasteiger partial charge in [0, 0.05) is 57.8 Å². The number of ether oxygens (including phenoxy) is 2. The first-order valence-electron chi connectivity index (χ1n) is 7.76. The predicted molar refractivity (Wildman–Crippen MR) is 110 cm³/mol. The van der Waals surface area contributed by atoms with E-state index in [9.17, 15) is 0 Å². The quantitative estimate of drug-likeness (QED) is 0.391. The molecule has 1 aromatic heterocycles. The fourth-order valence-electron chi connectivity index (χ4n) is 2.41. The van der Waals surface area contributed by atoms with Crippen LogP contribution in [-0.2, 0) is 13.1 Å². The van der Waals surface area contributed by atoms with Gasteiger partial charge >= 0.3 is 0 Å². The normalized spacial score (nSPS) is 10.8. The molecule has 0 spiro atoms. The summed E-state index contributed by atoms with van der Waals surface area (Å²) in [5, 5.41) is 3.35. The number of aromatic nitrogens is 2. The van der Waals surface area contributed by atoms with E-state index in [1.54, 1.807) is 33.8 Å². The highest BCUT2D eigenvalue weighted by molar-refractivity contribution is 14.0. The van der Waals surface area contributed by atoms with Gasteiger partial charge in [-0.25, -0.2) is 4.98 Å². The van der Waals surface area contributed by atoms with Gasteiger partial charge < -0.3 is 24.3 Å². The Kier molecular flexibility index (Phi) is 9.11. The van der Waals surface area contributed by atoms with E-state index in [1.807, 2.05) is 36.0 Å². The highest BCUT2D eigenvalue weighted by Crippen LogP contribution is 2.25. The van der Waals surface area contributed by atoms with Gasteiger partial charge in [0.2, 0.25) is 0 Å². The van der Waals surface area contributed by atoms with Crippen LogP contribution in [0.15, 0.2) is 41.9 Å². The minimum atomic E-state index is 0. The molecular weight excluding hydrogens is 433 g/mol. The van der Waals surface area contributed by atoms with E-state index in [0.29, 0.717) is 6.54 Å². The number of hydrogen-bond acceptors (Lipinski definition) is 4. The molecule has 2 rings (SSSR count). The highest BCUT2D eigenvalue weighted by Gasteiger charge is 2.11. The average Bonchev–Trinajstić information content (AvgIpc) is 3.12. The monoisotopic (exact) mass is 459 g/mol. The van der Waals surface area contributed by atoms with Crippen molar-refractivity contribution in [3.05, 3.63) is 42.5 Å². The number of halogens is 1. The molecular formula is C17H26IN5O2. The van der Waals surface area contributed by atoms with Crippen molar-refractivity contribution < 1.29 is 9.47 Å². The molecule has 0 unspecified atom stereocenters. The van der Waals surface area contributed by atoms with Crippen LogP contribution in [0.25, 0.3) is 0 Å². The van der Waals surface area contributed by atoms with Crippen LogP contribution in [0.1, 0.15) is 5.56 Å². The van der Waals surface area contributed by atoms with Gasteiger partial charge in [0.25, 0.3) is 0 Å². The van der Waals surface area contributed by atoms with Crippen LogP contribution in [0.3, 0.4) is 0 Å². The molecule has 0 aliphatic heterocycles. The van der Waals surface area contributed by atoms with Gasteiger partial charge in [-0.3, -0.25) is 4.99 Å². The minimum Gasteiger partial charge on any atom is -0.497 e. The molecule has 0 aliphatic carbocycles. The van der Waals surface area contributed by atoms with Crippen LogP contribution >= 0.6 is 24.0 Å². The summed E-state index contributed by atoms with van der Waals surface area (Å²) in [7, 11) is 7.08. The third-order valence-corrected chi connectivity index (χ3v) is 3.69. The number of guanidine groups is 1. The lowest BCUT2D eigenvalue weighted by Crippen LogP contribution is -2.39. The molecule has 0 saturated carbocycles. The van der Waals surface area contributed by atoms with Gasteiger partial charge in [0.05, 0.1) is 20.5 Å². The van der Waals surface area contributed by atoms with Crippen molar-refractivity contribution >= 4 is 29.9 Å². The molecule has 0 radical (unpaired) electrons. The zero-order valence-corrected chi connectivity index (χ0v) is 17.4. The first-order chi connectivity index (χ1) is 11.7. The second-order valence-corrected chi connectivity index (χ2v) is 5.31. The molecule has 0 bridgehead atoms. The molecule has 0 amide bonds. The third kappa shape index (κ3) is 6.11. The largest absolute Gasteiger partial charge is 0.497 e. The van der Waals surface area contributed by atoms with Crippen molar-refractivity contribution in [3.8, 4) is 11.5 Å². The summed E-state index contributed by atoms with van der Waals surface area (Å²) in [4.78, 5) is 10.4. The molecule has 1 aromatic carbocycles. The topological polar surface area (TPSA) is 63.9 Å². The Bertz CT molecular complexity index is 661. The van der Waals surface area contributed by atoms with Crippen molar-refractivity contribution in [3.63, 3.8) is 0 Å². The lowest BCUT2D eigenvalue weighted by molar-refractivity contribution is 0.382. The highest BCUT2D eigenvalue weighted by atomic mass is 127. The molecule has 2 aromatic rings. The Balaban J connectivity index is 0.00000312. The van der Waals surface area contributed by atoms with Crippen LogP contribution in [0.4, 0.5) is 0 Å². The van der Waals surface area contributed by atoms with Crippen molar-refractivity contribution in [2.24, 2.45) is 4.99 Å². The average molecular weight is 459 g/mol. The molecule has 1 N–H and O–H groups in total. The summed E-state index contributed by atoms with van der Waals surface area (Å²) in [5.41, 5.74) is 1.07. The Morgan fingerprint density at radius 1 is 1.32 bits per heavy atom. The van der Waals surface area contributed by atoms with Crippen molar-refractivity contribution in [1.29, 1.82) is 0 Å². The van der Waals surface area contributed by atoms with Gasteiger partial charge in [-0.15, -0.1) is 24.0 Å². The maximum Gasteiger partial charge on any atom is 0.193 e. The maximum atomic E-state index is 5.45. The number of imidazole rings is 1. The number of hydrogen-bond donors (Lipinski definition) is 1. The van der Waals surface area contributed by atoms with E-state index in [1.165, 1.54) is 0 Å². The van der Waals surface area contributed by atoms with Gasteiger partial charge in [0.1, 0.15) is 11.5 Å². The summed E-state index contributed by atoms with van der Waals surface area (Å²) in [5.74, 6) is 2.41. The first-order valence-corrected chi connectivity index (χ1v) is 7.76. The van der Waals surface area contributed by atoms with E-state index in [2.05, 4.69) is 20.2 Å². The van der Waals surface area contributed by atoms with Crippen LogP contribution in [0.2, 0.25) is 0 Å². The van der Waals surface area contributed by atoms with Crippen LogP contribution in [0, 0.1) is 0 Å². The Labute approximate surface area is 166 Å². The number of nitrogens with one attached hydrogen (secondary N) is 1. The molecule has 0 saturated heterocycles. The molecule has 8 heteroatoms. The maximum absolute atomic E-state index is 5.45. The second kappa shape index (κ2) is 10.8. The lowest BCUT2D eigenvalue weighted by Gasteiger charge is -2.23. The number of methoxy groups -OCH3 is 2. The smallest absolute Gasteiger partial charge is 0.193 e. The summed E-state index contributed by atoms with van der Waals surface area (Å²) in [6.07, 6.45) is 5.52. The molecule has 0 atom stereocenters. The summed E-state index contributed by atoms with van der Waals surface area (Å²) >= 11 is 0. The van der Waals surface area contributed by atoms with E-state index < -0.39 is 0 Å². The lowest BCUT2D eigenvalue weighted by atomic mass is 10.2. The van der Waals surface area contributed by atoms with Crippen LogP contribution in [0.5, 0.6) is 11.5 Å². The summed E-state index contributed by atoms with van der Waals surface area (Å²) in [6.45, 7) is 2.28. The summed E-state index contributed by atoms with van der Waals surface area (Å²) < 4.78 is 12.7. The summed E-state index contributed by atoms with van der Waals surface area (Å²) in [6, 6.07) is 5.83. The van der Waals surface area contributed by atoms with E-state index in [0.717, 1.165) is 36.1 Å². The first kappa shape index (κ1) is 21.1. The van der Waals surface area contributed by atoms with E-state index >= 15 is 0 Å². The zero-order chi connectivity index (χ0) is 17.4. The van der Waals surface area contributed by atoms with Crippen LogP contribution in [-0.4, -0.2) is 55.3 Å². The van der Waals surface area contributed by atoms with E-state index in [4.69, 9.17) is 9.47 Å². The Morgan fingerprint density at radius 2 is 2.12 bits per heavy atom. The van der Waals surface area contributed by atoms with Gasteiger partial charge in [-0.2, -0.15) is 0 Å². The number of benzene rings is 1. The molecule has 0 aliphatic rings. The van der Waals surface area contributed by atoms with Crippen molar-refractivity contribution in [2.45, 2.75) is 13.1 Å².